The van der Waals surface area contributed by atoms with Crippen molar-refractivity contribution in [3.05, 3.63) is 27.8 Å². The average Bonchev–Trinajstić information content (AvgIpc) is 2.45. The molecular weight excluding hydrogens is 264 g/mol. The first-order valence-corrected chi connectivity index (χ1v) is 7.24. The second-order valence-corrected chi connectivity index (χ2v) is 5.53. The summed E-state index contributed by atoms with van der Waals surface area (Å²) in [6.07, 6.45) is 5.69. The van der Waals surface area contributed by atoms with Crippen molar-refractivity contribution < 1.29 is 9.90 Å². The van der Waals surface area contributed by atoms with Crippen LogP contribution in [0.5, 0.6) is 0 Å². The number of benzene rings is 1. The van der Waals surface area contributed by atoms with Crippen LogP contribution in [0.1, 0.15) is 27.8 Å². The third-order valence-corrected chi connectivity index (χ3v) is 4.27. The maximum atomic E-state index is 11.2. The SMILES string of the molecule is C#Cc1c(C)c(CC(=O)O)c(C)c(N2CCNCC2)c1C. The molecule has 0 amide bonds. The Kier molecular flexibility index (Phi) is 4.54. The molecule has 0 unspecified atom stereocenters. The minimum atomic E-state index is -0.820. The third-order valence-electron chi connectivity index (χ3n) is 4.27. The van der Waals surface area contributed by atoms with Crippen molar-refractivity contribution in [2.24, 2.45) is 0 Å². The number of carboxylic acids is 1. The van der Waals surface area contributed by atoms with Crippen LogP contribution in [0.25, 0.3) is 0 Å². The summed E-state index contributed by atoms with van der Waals surface area (Å²) in [5, 5.41) is 12.5. The summed E-state index contributed by atoms with van der Waals surface area (Å²) < 4.78 is 0. The van der Waals surface area contributed by atoms with E-state index in [1.54, 1.807) is 0 Å². The van der Waals surface area contributed by atoms with E-state index in [2.05, 4.69) is 16.1 Å². The molecule has 0 aliphatic carbocycles. The topological polar surface area (TPSA) is 52.6 Å². The van der Waals surface area contributed by atoms with Gasteiger partial charge in [-0.05, 0) is 43.0 Å². The van der Waals surface area contributed by atoms with Gasteiger partial charge in [-0.1, -0.05) is 5.92 Å². The highest BCUT2D eigenvalue weighted by Crippen LogP contribution is 2.34. The van der Waals surface area contributed by atoms with Crippen molar-refractivity contribution in [2.45, 2.75) is 27.2 Å². The van der Waals surface area contributed by atoms with E-state index >= 15 is 0 Å². The maximum absolute atomic E-state index is 11.2. The number of nitrogens with one attached hydrogen (secondary N) is 1. The minimum Gasteiger partial charge on any atom is -0.481 e. The second-order valence-electron chi connectivity index (χ2n) is 5.53. The van der Waals surface area contributed by atoms with E-state index in [1.165, 1.54) is 0 Å². The maximum Gasteiger partial charge on any atom is 0.307 e. The summed E-state index contributed by atoms with van der Waals surface area (Å²) in [5.41, 5.74) is 5.87. The van der Waals surface area contributed by atoms with Gasteiger partial charge in [-0.3, -0.25) is 4.79 Å². The van der Waals surface area contributed by atoms with E-state index in [4.69, 9.17) is 6.42 Å². The lowest BCUT2D eigenvalue weighted by molar-refractivity contribution is -0.136. The molecule has 1 heterocycles. The highest BCUT2D eigenvalue weighted by molar-refractivity contribution is 5.76. The Morgan fingerprint density at radius 3 is 2.38 bits per heavy atom. The number of piperazine rings is 1. The van der Waals surface area contributed by atoms with E-state index in [1.807, 2.05) is 20.8 Å². The molecule has 0 atom stereocenters. The molecule has 0 saturated carbocycles. The van der Waals surface area contributed by atoms with Crippen LogP contribution in [0, 0.1) is 33.1 Å². The molecule has 21 heavy (non-hydrogen) atoms. The van der Waals surface area contributed by atoms with Crippen LogP contribution in [-0.4, -0.2) is 37.3 Å². The van der Waals surface area contributed by atoms with Gasteiger partial charge in [0.2, 0.25) is 0 Å². The largest absolute Gasteiger partial charge is 0.481 e. The van der Waals surface area contributed by atoms with Gasteiger partial charge in [-0.25, -0.2) is 0 Å². The Bertz CT molecular complexity index is 608. The molecule has 1 aromatic rings. The number of aliphatic carboxylic acids is 1. The van der Waals surface area contributed by atoms with Crippen molar-refractivity contribution in [3.8, 4) is 12.3 Å². The number of hydrogen-bond acceptors (Lipinski definition) is 3. The molecular formula is C17H22N2O2. The van der Waals surface area contributed by atoms with E-state index in [0.29, 0.717) is 0 Å². The molecule has 0 radical (unpaired) electrons. The lowest BCUT2D eigenvalue weighted by Gasteiger charge is -2.34. The molecule has 2 rings (SSSR count). The molecule has 1 saturated heterocycles. The average molecular weight is 286 g/mol. The summed E-state index contributed by atoms with van der Waals surface area (Å²) >= 11 is 0. The predicted octanol–water partition coefficient (Wildman–Crippen LogP) is 1.63. The van der Waals surface area contributed by atoms with Gasteiger partial charge in [0.05, 0.1) is 6.42 Å². The molecule has 112 valence electrons. The molecule has 1 fully saturated rings. The van der Waals surface area contributed by atoms with Crippen molar-refractivity contribution in [1.82, 2.24) is 5.32 Å². The second kappa shape index (κ2) is 6.19. The van der Waals surface area contributed by atoms with Gasteiger partial charge >= 0.3 is 5.97 Å². The van der Waals surface area contributed by atoms with Crippen LogP contribution in [0.2, 0.25) is 0 Å². The predicted molar refractivity (Wildman–Crippen MR) is 85.0 cm³/mol. The summed E-state index contributed by atoms with van der Waals surface area (Å²) in [5.74, 6) is 1.93. The minimum absolute atomic E-state index is 0.0196. The van der Waals surface area contributed by atoms with Crippen LogP contribution in [0.15, 0.2) is 0 Å². The van der Waals surface area contributed by atoms with Gasteiger partial charge < -0.3 is 15.3 Å². The van der Waals surface area contributed by atoms with Crippen molar-refractivity contribution >= 4 is 11.7 Å². The van der Waals surface area contributed by atoms with E-state index in [9.17, 15) is 9.90 Å². The fraction of sp³-hybridized carbons (Fsp3) is 0.471. The summed E-state index contributed by atoms with van der Waals surface area (Å²) in [6.45, 7) is 9.68. The zero-order valence-corrected chi connectivity index (χ0v) is 12.9. The highest BCUT2D eigenvalue weighted by atomic mass is 16.4. The Morgan fingerprint density at radius 1 is 1.24 bits per heavy atom. The van der Waals surface area contributed by atoms with Crippen molar-refractivity contribution in [3.63, 3.8) is 0 Å². The number of rotatable bonds is 3. The Morgan fingerprint density at radius 2 is 1.86 bits per heavy atom. The Hall–Kier alpha value is -1.99. The van der Waals surface area contributed by atoms with Crippen LogP contribution in [0.4, 0.5) is 5.69 Å². The Balaban J connectivity index is 2.63. The van der Waals surface area contributed by atoms with E-state index in [0.717, 1.165) is 59.7 Å². The first-order chi connectivity index (χ1) is 9.97. The normalized spacial score (nSPS) is 14.9. The molecule has 0 aromatic heterocycles. The van der Waals surface area contributed by atoms with Gasteiger partial charge in [0.25, 0.3) is 0 Å². The quantitative estimate of drug-likeness (QED) is 0.829. The number of carboxylic acid groups (broad SMARTS) is 1. The van der Waals surface area contributed by atoms with Crippen molar-refractivity contribution in [2.75, 3.05) is 31.1 Å². The van der Waals surface area contributed by atoms with Crippen LogP contribution >= 0.6 is 0 Å². The highest BCUT2D eigenvalue weighted by Gasteiger charge is 2.22. The molecule has 4 heteroatoms. The number of terminal acetylenes is 1. The lowest BCUT2D eigenvalue weighted by atomic mass is 9.89. The summed E-state index contributed by atoms with van der Waals surface area (Å²) in [4.78, 5) is 13.5. The number of hydrogen-bond donors (Lipinski definition) is 2. The van der Waals surface area contributed by atoms with Crippen LogP contribution in [0.3, 0.4) is 0 Å². The van der Waals surface area contributed by atoms with Gasteiger partial charge in [0.15, 0.2) is 0 Å². The zero-order chi connectivity index (χ0) is 15.6. The van der Waals surface area contributed by atoms with E-state index in [-0.39, 0.29) is 6.42 Å². The molecule has 1 aliphatic rings. The summed E-state index contributed by atoms with van der Waals surface area (Å²) in [6, 6.07) is 0. The van der Waals surface area contributed by atoms with E-state index < -0.39 is 5.97 Å². The van der Waals surface area contributed by atoms with Crippen molar-refractivity contribution in [1.29, 1.82) is 0 Å². The molecule has 1 aliphatic heterocycles. The fourth-order valence-electron chi connectivity index (χ4n) is 3.25. The summed E-state index contributed by atoms with van der Waals surface area (Å²) in [7, 11) is 0. The molecule has 4 nitrogen and oxygen atoms in total. The van der Waals surface area contributed by atoms with Gasteiger partial charge in [-0.15, -0.1) is 6.42 Å². The zero-order valence-electron chi connectivity index (χ0n) is 12.9. The van der Waals surface area contributed by atoms with Gasteiger partial charge in [0.1, 0.15) is 0 Å². The number of carbonyl (C=O) groups is 1. The van der Waals surface area contributed by atoms with Gasteiger partial charge in [-0.2, -0.15) is 0 Å². The Labute approximate surface area is 126 Å². The molecule has 0 spiro atoms. The molecule has 1 aromatic carbocycles. The van der Waals surface area contributed by atoms with Gasteiger partial charge in [0, 0.05) is 37.4 Å². The fourth-order valence-corrected chi connectivity index (χ4v) is 3.25. The monoisotopic (exact) mass is 286 g/mol. The first-order valence-electron chi connectivity index (χ1n) is 7.24. The number of nitrogens with zero attached hydrogens (tertiary/aromatic N) is 1. The molecule has 0 bridgehead atoms. The standard InChI is InChI=1S/C17H22N2O2/c1-5-14-11(2)15(10-16(20)21)13(4)17(12(14)3)19-8-6-18-7-9-19/h1,18H,6-10H2,2-4H3,(H,20,21). The molecule has 2 N–H and O–H groups in total. The van der Waals surface area contributed by atoms with Crippen LogP contribution < -0.4 is 10.2 Å². The number of anilines is 1. The third kappa shape index (κ3) is 2.88. The smallest absolute Gasteiger partial charge is 0.307 e. The first kappa shape index (κ1) is 15.4. The lowest BCUT2D eigenvalue weighted by Crippen LogP contribution is -2.44. The van der Waals surface area contributed by atoms with Crippen LogP contribution in [-0.2, 0) is 11.2 Å².